The van der Waals surface area contributed by atoms with E-state index in [2.05, 4.69) is 31.1 Å². The molecule has 0 bridgehead atoms. The molecule has 1 atom stereocenters. The number of carbonyl (C=O) groups excluding carboxylic acids is 1. The van der Waals surface area contributed by atoms with Crippen LogP contribution in [0.25, 0.3) is 10.2 Å². The number of rotatable bonds is 4. The Morgan fingerprint density at radius 1 is 1.45 bits per heavy atom. The van der Waals surface area contributed by atoms with Gasteiger partial charge in [0.1, 0.15) is 6.04 Å². The summed E-state index contributed by atoms with van der Waals surface area (Å²) in [6.07, 6.45) is 0. The van der Waals surface area contributed by atoms with Gasteiger partial charge in [-0.25, -0.2) is 4.98 Å². The van der Waals surface area contributed by atoms with Gasteiger partial charge in [-0.3, -0.25) is 4.79 Å². The summed E-state index contributed by atoms with van der Waals surface area (Å²) in [4.78, 5) is 16.5. The normalized spacial score (nSPS) is 12.8. The van der Waals surface area contributed by atoms with Gasteiger partial charge >= 0.3 is 0 Å². The van der Waals surface area contributed by atoms with Crippen molar-refractivity contribution >= 4 is 45.6 Å². The summed E-state index contributed by atoms with van der Waals surface area (Å²) in [5, 5.41) is 3.88. The summed E-state index contributed by atoms with van der Waals surface area (Å²) in [6, 6.07) is 5.02. The number of nitrogens with zero attached hydrogens (tertiary/aromatic N) is 1. The lowest BCUT2D eigenvalue weighted by Crippen LogP contribution is -2.39. The molecule has 7 heteroatoms. The van der Waals surface area contributed by atoms with Crippen molar-refractivity contribution < 1.29 is 9.53 Å². The van der Waals surface area contributed by atoms with Crippen LogP contribution in [0.15, 0.2) is 18.2 Å². The van der Waals surface area contributed by atoms with E-state index in [-0.39, 0.29) is 30.3 Å². The summed E-state index contributed by atoms with van der Waals surface area (Å²) in [7, 11) is 1.52. The number of nitrogens with two attached hydrogens (primary N) is 1. The summed E-state index contributed by atoms with van der Waals surface area (Å²) >= 11 is 1.65. The fourth-order valence-corrected chi connectivity index (χ4v) is 2.88. The van der Waals surface area contributed by atoms with Crippen LogP contribution in [0.3, 0.4) is 0 Å². The molecule has 0 radical (unpaired) electrons. The Balaban J connectivity index is 0.00000242. The number of amides is 1. The van der Waals surface area contributed by atoms with Gasteiger partial charge in [0.15, 0.2) is 0 Å². The molecule has 1 aromatic heterocycles. The topological polar surface area (TPSA) is 77.2 Å². The molecule has 2 rings (SSSR count). The second-order valence-corrected chi connectivity index (χ2v) is 7.03. The Kier molecular flexibility index (Phi) is 6.31. The quantitative estimate of drug-likeness (QED) is 0.894. The molecule has 0 aliphatic rings. The van der Waals surface area contributed by atoms with Crippen molar-refractivity contribution in [1.82, 2.24) is 4.98 Å². The molecule has 1 unspecified atom stereocenters. The van der Waals surface area contributed by atoms with Gasteiger partial charge in [-0.2, -0.15) is 0 Å². The maximum Gasteiger partial charge on any atom is 0.243 e. The number of carbonyl (C=O) groups is 1. The van der Waals surface area contributed by atoms with Crippen LogP contribution >= 0.6 is 23.7 Å². The molecule has 0 saturated carbocycles. The van der Waals surface area contributed by atoms with Crippen molar-refractivity contribution in [2.24, 2.45) is 5.73 Å². The van der Waals surface area contributed by atoms with Gasteiger partial charge in [0, 0.05) is 18.2 Å². The largest absolute Gasteiger partial charge is 0.383 e. The highest BCUT2D eigenvalue weighted by atomic mass is 35.5. The number of fused-ring (bicyclic) bond motifs is 1. The first-order valence-electron chi connectivity index (χ1n) is 6.77. The lowest BCUT2D eigenvalue weighted by molar-refractivity contribution is -0.118. The van der Waals surface area contributed by atoms with Crippen molar-refractivity contribution in [3.63, 3.8) is 0 Å². The van der Waals surface area contributed by atoms with Gasteiger partial charge in [0.2, 0.25) is 5.91 Å². The van der Waals surface area contributed by atoms with Crippen LogP contribution in [0.4, 0.5) is 5.69 Å². The third-order valence-corrected chi connectivity index (χ3v) is 4.42. The molecule has 22 heavy (non-hydrogen) atoms. The van der Waals surface area contributed by atoms with Crippen molar-refractivity contribution in [3.05, 3.63) is 23.2 Å². The molecule has 0 spiro atoms. The number of benzene rings is 1. The zero-order valence-electron chi connectivity index (χ0n) is 13.2. The second-order valence-electron chi connectivity index (χ2n) is 6.00. The highest BCUT2D eigenvalue weighted by Crippen LogP contribution is 2.32. The van der Waals surface area contributed by atoms with Crippen LogP contribution in [0.5, 0.6) is 0 Å². The molecule has 1 heterocycles. The van der Waals surface area contributed by atoms with Gasteiger partial charge in [0.05, 0.1) is 21.8 Å². The average molecular weight is 344 g/mol. The molecule has 1 amide bonds. The number of aromatic nitrogens is 1. The van der Waals surface area contributed by atoms with E-state index in [0.29, 0.717) is 0 Å². The minimum absolute atomic E-state index is 0. The summed E-state index contributed by atoms with van der Waals surface area (Å²) in [5.74, 6) is -0.253. The molecule has 0 fully saturated rings. The Morgan fingerprint density at radius 2 is 2.14 bits per heavy atom. The lowest BCUT2D eigenvalue weighted by Gasteiger charge is -2.13. The average Bonchev–Trinajstić information content (AvgIpc) is 2.82. The predicted octanol–water partition coefficient (Wildman–Crippen LogP) is 2.93. The van der Waals surface area contributed by atoms with E-state index in [0.717, 1.165) is 20.9 Å². The molecule has 0 saturated heterocycles. The van der Waals surface area contributed by atoms with E-state index in [1.807, 2.05) is 18.2 Å². The number of ether oxygens (including phenoxy) is 1. The minimum atomic E-state index is -0.669. The molecule has 0 aliphatic heterocycles. The van der Waals surface area contributed by atoms with Crippen LogP contribution in [0, 0.1) is 0 Å². The Morgan fingerprint density at radius 3 is 2.73 bits per heavy atom. The van der Waals surface area contributed by atoms with E-state index in [4.69, 9.17) is 10.5 Å². The maximum atomic E-state index is 11.9. The summed E-state index contributed by atoms with van der Waals surface area (Å²) in [6.45, 7) is 6.61. The number of halogens is 1. The van der Waals surface area contributed by atoms with Crippen molar-refractivity contribution in [2.75, 3.05) is 19.0 Å². The standard InChI is InChI=1S/C15H21N3O2S.ClH/c1-15(2,3)14-18-11-6-5-9(7-12(11)21-14)17-13(19)10(16)8-20-4;/h5-7,10H,8,16H2,1-4H3,(H,17,19);1H. The zero-order valence-corrected chi connectivity index (χ0v) is 14.8. The second kappa shape index (κ2) is 7.37. The summed E-state index contributed by atoms with van der Waals surface area (Å²) < 4.78 is 5.93. The van der Waals surface area contributed by atoms with Crippen LogP contribution in [-0.2, 0) is 14.9 Å². The SMILES string of the molecule is COCC(N)C(=O)Nc1ccc2nc(C(C)(C)C)sc2c1.Cl. The van der Waals surface area contributed by atoms with E-state index in [9.17, 15) is 4.79 Å². The molecule has 122 valence electrons. The van der Waals surface area contributed by atoms with Gasteiger partial charge < -0.3 is 15.8 Å². The summed E-state index contributed by atoms with van der Waals surface area (Å²) in [5.41, 5.74) is 7.40. The fourth-order valence-electron chi connectivity index (χ4n) is 1.81. The first-order chi connectivity index (χ1) is 9.81. The number of anilines is 1. The molecular formula is C15H22ClN3O2S. The van der Waals surface area contributed by atoms with Crippen LogP contribution in [0.2, 0.25) is 0 Å². The monoisotopic (exact) mass is 343 g/mol. The first kappa shape index (κ1) is 18.8. The van der Waals surface area contributed by atoms with Gasteiger partial charge in [-0.05, 0) is 18.2 Å². The highest BCUT2D eigenvalue weighted by Gasteiger charge is 2.19. The van der Waals surface area contributed by atoms with Crippen LogP contribution in [0.1, 0.15) is 25.8 Å². The van der Waals surface area contributed by atoms with E-state index in [1.165, 1.54) is 7.11 Å². The number of nitrogens with one attached hydrogen (secondary N) is 1. The Labute approximate surface area is 140 Å². The van der Waals surface area contributed by atoms with Crippen molar-refractivity contribution in [2.45, 2.75) is 32.2 Å². The molecule has 0 aliphatic carbocycles. The van der Waals surface area contributed by atoms with Crippen molar-refractivity contribution in [3.8, 4) is 0 Å². The number of methoxy groups -OCH3 is 1. The molecule has 5 nitrogen and oxygen atoms in total. The third-order valence-electron chi connectivity index (χ3n) is 2.98. The number of thiazole rings is 1. The van der Waals surface area contributed by atoms with Crippen LogP contribution < -0.4 is 11.1 Å². The van der Waals surface area contributed by atoms with E-state index >= 15 is 0 Å². The molecule has 1 aromatic carbocycles. The molecule has 2 aromatic rings. The van der Waals surface area contributed by atoms with Gasteiger partial charge in [-0.1, -0.05) is 20.8 Å². The van der Waals surface area contributed by atoms with Crippen LogP contribution in [-0.4, -0.2) is 30.6 Å². The number of hydrogen-bond donors (Lipinski definition) is 2. The Bertz CT molecular complexity index is 652. The van der Waals surface area contributed by atoms with E-state index in [1.54, 1.807) is 11.3 Å². The first-order valence-corrected chi connectivity index (χ1v) is 7.59. The minimum Gasteiger partial charge on any atom is -0.383 e. The smallest absolute Gasteiger partial charge is 0.243 e. The maximum absolute atomic E-state index is 11.9. The van der Waals surface area contributed by atoms with Gasteiger partial charge in [0.25, 0.3) is 0 Å². The highest BCUT2D eigenvalue weighted by molar-refractivity contribution is 7.18. The number of hydrogen-bond acceptors (Lipinski definition) is 5. The Hall–Kier alpha value is -1.21. The van der Waals surface area contributed by atoms with Gasteiger partial charge in [-0.15, -0.1) is 23.7 Å². The lowest BCUT2D eigenvalue weighted by atomic mass is 9.98. The fraction of sp³-hybridized carbons (Fsp3) is 0.467. The third kappa shape index (κ3) is 4.39. The molecular weight excluding hydrogens is 322 g/mol. The zero-order chi connectivity index (χ0) is 15.6. The van der Waals surface area contributed by atoms with E-state index < -0.39 is 6.04 Å². The molecule has 3 N–H and O–H groups in total. The predicted molar refractivity (Wildman–Crippen MR) is 94.0 cm³/mol. The van der Waals surface area contributed by atoms with Crippen molar-refractivity contribution in [1.29, 1.82) is 0 Å².